The Morgan fingerprint density at radius 2 is 2.38 bits per heavy atom. The summed E-state index contributed by atoms with van der Waals surface area (Å²) < 4.78 is 5.27. The molecule has 2 aliphatic heterocycles. The summed E-state index contributed by atoms with van der Waals surface area (Å²) in [5, 5.41) is 1.76. The number of carbonyl (C=O) groups excluding carboxylic acids is 1. The van der Waals surface area contributed by atoms with Crippen molar-refractivity contribution < 1.29 is 9.53 Å². The van der Waals surface area contributed by atoms with Gasteiger partial charge in [0.15, 0.2) is 0 Å². The summed E-state index contributed by atoms with van der Waals surface area (Å²) in [7, 11) is 0. The van der Waals surface area contributed by atoms with E-state index in [1.807, 2.05) is 6.26 Å². The minimum Gasteiger partial charge on any atom is -0.462 e. The minimum atomic E-state index is -0.203. The fourth-order valence-electron chi connectivity index (χ4n) is 2.74. The van der Waals surface area contributed by atoms with Crippen LogP contribution < -0.4 is 0 Å². The maximum absolute atomic E-state index is 11.3. The van der Waals surface area contributed by atoms with Gasteiger partial charge in [0.25, 0.3) is 0 Å². The molecule has 0 unspecified atom stereocenters. The van der Waals surface area contributed by atoms with Gasteiger partial charge in [0.05, 0.1) is 6.61 Å². The van der Waals surface area contributed by atoms with Gasteiger partial charge in [0.2, 0.25) is 0 Å². The predicted octanol–water partition coefficient (Wildman–Crippen LogP) is 1.89. The Balaban J connectivity index is 1.74. The predicted molar refractivity (Wildman–Crippen MR) is 66.3 cm³/mol. The lowest BCUT2D eigenvalue weighted by molar-refractivity contribution is -0.139. The highest BCUT2D eigenvalue weighted by Gasteiger charge is 2.37. The molecule has 0 bridgehead atoms. The second kappa shape index (κ2) is 5.73. The van der Waals surface area contributed by atoms with E-state index in [4.69, 9.17) is 4.74 Å². The second-order valence-electron chi connectivity index (χ2n) is 4.46. The van der Waals surface area contributed by atoms with Gasteiger partial charge in [-0.25, -0.2) is 4.79 Å². The standard InChI is InChI=1S/C12H19NO2S/c1-16-8-5-12(14)15-9-10-4-7-13-6-2-3-11(10)13/h5,8,10-11H,2-4,6-7,9H2,1H3/b8-5+/t10-,11+/m1/s1. The van der Waals surface area contributed by atoms with Crippen molar-refractivity contribution in [2.75, 3.05) is 26.0 Å². The Kier molecular flexibility index (Phi) is 4.29. The maximum atomic E-state index is 11.3. The van der Waals surface area contributed by atoms with Crippen molar-refractivity contribution in [2.45, 2.75) is 25.3 Å². The maximum Gasteiger partial charge on any atom is 0.331 e. The molecule has 3 nitrogen and oxygen atoms in total. The molecule has 90 valence electrons. The fourth-order valence-corrected chi connectivity index (χ4v) is 2.99. The first-order valence-electron chi connectivity index (χ1n) is 5.91. The first-order chi connectivity index (χ1) is 7.81. The Bertz CT molecular complexity index is 280. The molecule has 2 fully saturated rings. The van der Waals surface area contributed by atoms with Gasteiger partial charge in [0.1, 0.15) is 0 Å². The van der Waals surface area contributed by atoms with E-state index in [-0.39, 0.29) is 5.97 Å². The van der Waals surface area contributed by atoms with Gasteiger partial charge in [-0.3, -0.25) is 4.90 Å². The summed E-state index contributed by atoms with van der Waals surface area (Å²) in [6, 6.07) is 0.678. The first kappa shape index (κ1) is 12.0. The zero-order valence-electron chi connectivity index (χ0n) is 9.72. The number of rotatable bonds is 4. The molecule has 2 aliphatic rings. The quantitative estimate of drug-likeness (QED) is 0.555. The SMILES string of the molecule is CS/C=C/C(=O)OC[C@H]1CCN2CCC[C@@H]12. The number of ether oxygens (including phenoxy) is 1. The molecule has 0 aromatic carbocycles. The van der Waals surface area contributed by atoms with E-state index < -0.39 is 0 Å². The fraction of sp³-hybridized carbons (Fsp3) is 0.750. The van der Waals surface area contributed by atoms with Crippen molar-refractivity contribution in [2.24, 2.45) is 5.92 Å². The Morgan fingerprint density at radius 1 is 1.50 bits per heavy atom. The molecule has 0 aromatic rings. The molecule has 0 saturated carbocycles. The monoisotopic (exact) mass is 241 g/mol. The highest BCUT2D eigenvalue weighted by molar-refractivity contribution is 8.01. The second-order valence-corrected chi connectivity index (χ2v) is 5.21. The molecule has 16 heavy (non-hydrogen) atoms. The van der Waals surface area contributed by atoms with Crippen LogP contribution in [0, 0.1) is 5.92 Å². The van der Waals surface area contributed by atoms with Crippen molar-refractivity contribution in [3.63, 3.8) is 0 Å². The lowest BCUT2D eigenvalue weighted by Gasteiger charge is -2.19. The number of fused-ring (bicyclic) bond motifs is 1. The summed E-state index contributed by atoms with van der Waals surface area (Å²) in [6.07, 6.45) is 7.21. The Morgan fingerprint density at radius 3 is 3.19 bits per heavy atom. The van der Waals surface area contributed by atoms with Crippen LogP contribution in [0.4, 0.5) is 0 Å². The summed E-state index contributed by atoms with van der Waals surface area (Å²) in [6.45, 7) is 3.02. The molecule has 4 heteroatoms. The normalized spacial score (nSPS) is 29.8. The smallest absolute Gasteiger partial charge is 0.331 e. The molecule has 2 atom stereocenters. The summed E-state index contributed by atoms with van der Waals surface area (Å²) in [5.74, 6) is 0.361. The molecule has 0 aromatic heterocycles. The van der Waals surface area contributed by atoms with Crippen molar-refractivity contribution in [3.05, 3.63) is 11.5 Å². The molecule has 0 N–H and O–H groups in total. The number of carbonyl (C=O) groups is 1. The van der Waals surface area contributed by atoms with Gasteiger partial charge in [-0.2, -0.15) is 0 Å². The van der Waals surface area contributed by atoms with Gasteiger partial charge >= 0.3 is 5.97 Å². The molecule has 2 rings (SSSR count). The highest BCUT2D eigenvalue weighted by Crippen LogP contribution is 2.32. The van der Waals surface area contributed by atoms with Crippen LogP contribution in [0.25, 0.3) is 0 Å². The molecule has 0 spiro atoms. The van der Waals surface area contributed by atoms with E-state index in [0.29, 0.717) is 18.6 Å². The minimum absolute atomic E-state index is 0.203. The molecule has 2 saturated heterocycles. The largest absolute Gasteiger partial charge is 0.462 e. The van der Waals surface area contributed by atoms with E-state index in [0.717, 1.165) is 0 Å². The molecule has 0 aliphatic carbocycles. The van der Waals surface area contributed by atoms with Crippen LogP contribution in [-0.4, -0.2) is 42.9 Å². The van der Waals surface area contributed by atoms with Crippen molar-refractivity contribution in [1.29, 1.82) is 0 Å². The van der Waals surface area contributed by atoms with Crippen molar-refractivity contribution in [3.8, 4) is 0 Å². The van der Waals surface area contributed by atoms with Crippen LogP contribution >= 0.6 is 11.8 Å². The van der Waals surface area contributed by atoms with Crippen LogP contribution in [0.5, 0.6) is 0 Å². The third kappa shape index (κ3) is 2.80. The average Bonchev–Trinajstić information content (AvgIpc) is 2.86. The van der Waals surface area contributed by atoms with E-state index in [2.05, 4.69) is 4.90 Å². The molecule has 0 amide bonds. The third-order valence-electron chi connectivity index (χ3n) is 3.53. The molecule has 0 radical (unpaired) electrons. The van der Waals surface area contributed by atoms with Crippen LogP contribution in [0.2, 0.25) is 0 Å². The van der Waals surface area contributed by atoms with Crippen LogP contribution in [0.3, 0.4) is 0 Å². The number of nitrogens with zero attached hydrogens (tertiary/aromatic N) is 1. The number of hydrogen-bond donors (Lipinski definition) is 0. The summed E-state index contributed by atoms with van der Waals surface area (Å²) >= 11 is 1.51. The molecule has 2 heterocycles. The van der Waals surface area contributed by atoms with E-state index in [9.17, 15) is 4.79 Å². The molecular weight excluding hydrogens is 222 g/mol. The highest BCUT2D eigenvalue weighted by atomic mass is 32.2. The van der Waals surface area contributed by atoms with Gasteiger partial charge in [-0.1, -0.05) is 0 Å². The van der Waals surface area contributed by atoms with Crippen molar-refractivity contribution in [1.82, 2.24) is 4.90 Å². The Labute approximate surface area is 101 Å². The van der Waals surface area contributed by atoms with Crippen LogP contribution in [-0.2, 0) is 9.53 Å². The van der Waals surface area contributed by atoms with Gasteiger partial charge in [0, 0.05) is 18.0 Å². The van der Waals surface area contributed by atoms with E-state index in [1.165, 1.54) is 50.2 Å². The van der Waals surface area contributed by atoms with Crippen molar-refractivity contribution >= 4 is 17.7 Å². The average molecular weight is 241 g/mol. The van der Waals surface area contributed by atoms with Gasteiger partial charge in [-0.15, -0.1) is 11.8 Å². The lowest BCUT2D eigenvalue weighted by atomic mass is 9.99. The Hall–Kier alpha value is -0.480. The topological polar surface area (TPSA) is 29.5 Å². The van der Waals surface area contributed by atoms with Gasteiger partial charge < -0.3 is 4.74 Å². The zero-order valence-corrected chi connectivity index (χ0v) is 10.5. The molecular formula is C12H19NO2S. The van der Waals surface area contributed by atoms with E-state index in [1.54, 1.807) is 5.41 Å². The zero-order chi connectivity index (χ0) is 11.4. The van der Waals surface area contributed by atoms with Crippen LogP contribution in [0.1, 0.15) is 19.3 Å². The van der Waals surface area contributed by atoms with E-state index >= 15 is 0 Å². The van der Waals surface area contributed by atoms with Gasteiger partial charge in [-0.05, 0) is 44.0 Å². The van der Waals surface area contributed by atoms with Crippen LogP contribution in [0.15, 0.2) is 11.5 Å². The summed E-state index contributed by atoms with van der Waals surface area (Å²) in [5.41, 5.74) is 0. The number of thioether (sulfide) groups is 1. The lowest BCUT2D eigenvalue weighted by Crippen LogP contribution is -2.28. The first-order valence-corrected chi connectivity index (χ1v) is 7.20. The number of hydrogen-bond acceptors (Lipinski definition) is 4. The summed E-state index contributed by atoms with van der Waals surface area (Å²) in [4.78, 5) is 13.9. The third-order valence-corrected chi connectivity index (χ3v) is 3.93. The number of esters is 1.